The molecule has 0 saturated heterocycles. The molecule has 4 rings (SSSR count). The molecule has 0 aromatic carbocycles. The number of carbonyl (C=O) groups excluding carboxylic acids is 2. The number of rotatable bonds is 1. The van der Waals surface area contributed by atoms with Crippen molar-refractivity contribution in [3.05, 3.63) is 0 Å². The Morgan fingerprint density at radius 1 is 1.04 bits per heavy atom. The summed E-state index contributed by atoms with van der Waals surface area (Å²) in [6.07, 6.45) is 8.88. The summed E-state index contributed by atoms with van der Waals surface area (Å²) in [6.45, 7) is 6.31. The van der Waals surface area contributed by atoms with Crippen molar-refractivity contribution in [3.8, 4) is 0 Å². The molecule has 4 saturated carbocycles. The molecule has 0 spiro atoms. The summed E-state index contributed by atoms with van der Waals surface area (Å²) in [5.41, 5.74) is 0.416. The van der Waals surface area contributed by atoms with Gasteiger partial charge in [-0.1, -0.05) is 13.8 Å². The Kier molecular flexibility index (Phi) is 3.45. The van der Waals surface area contributed by atoms with Gasteiger partial charge >= 0.3 is 5.97 Å². The zero-order valence-electron chi connectivity index (χ0n) is 14.8. The fraction of sp³-hybridized carbons (Fsp3) is 0.900. The van der Waals surface area contributed by atoms with Crippen LogP contribution in [-0.2, 0) is 14.3 Å². The van der Waals surface area contributed by atoms with E-state index in [0.717, 1.165) is 31.6 Å². The van der Waals surface area contributed by atoms with Crippen molar-refractivity contribution in [3.63, 3.8) is 0 Å². The van der Waals surface area contributed by atoms with Crippen molar-refractivity contribution >= 4 is 11.8 Å². The smallest absolute Gasteiger partial charge is 0.302 e. The first-order valence-corrected chi connectivity index (χ1v) is 9.53. The van der Waals surface area contributed by atoms with Crippen LogP contribution < -0.4 is 0 Å². The topological polar surface area (TPSA) is 43.4 Å². The third-order valence-electron chi connectivity index (χ3n) is 8.34. The van der Waals surface area contributed by atoms with Crippen LogP contribution in [0.2, 0.25) is 0 Å². The second-order valence-corrected chi connectivity index (χ2v) is 9.30. The predicted octanol–water partition coefficient (Wildman–Crippen LogP) is 4.14. The summed E-state index contributed by atoms with van der Waals surface area (Å²) in [7, 11) is 0. The van der Waals surface area contributed by atoms with Crippen LogP contribution in [0.4, 0.5) is 0 Å². The summed E-state index contributed by atoms with van der Waals surface area (Å²) < 4.78 is 5.70. The van der Waals surface area contributed by atoms with Gasteiger partial charge in [-0.3, -0.25) is 9.59 Å². The third-order valence-corrected chi connectivity index (χ3v) is 8.34. The van der Waals surface area contributed by atoms with Crippen molar-refractivity contribution in [2.75, 3.05) is 0 Å². The summed E-state index contributed by atoms with van der Waals surface area (Å²) in [6, 6.07) is 0. The molecule has 3 heteroatoms. The second kappa shape index (κ2) is 5.07. The summed E-state index contributed by atoms with van der Waals surface area (Å²) in [4.78, 5) is 23.6. The minimum Gasteiger partial charge on any atom is -0.462 e. The molecule has 0 aliphatic heterocycles. The highest BCUT2D eigenvalue weighted by Crippen LogP contribution is 2.66. The van der Waals surface area contributed by atoms with Crippen LogP contribution in [0.25, 0.3) is 0 Å². The van der Waals surface area contributed by atoms with E-state index < -0.39 is 0 Å². The highest BCUT2D eigenvalue weighted by atomic mass is 16.5. The highest BCUT2D eigenvalue weighted by molar-refractivity contribution is 5.82. The SMILES string of the molecule is CC(=O)OC1CC[C@H]2[C@@H]3CC[C@H]4CC(=O)C[C@]4(C)[C@H]3CC[C@]12C. The first-order valence-electron chi connectivity index (χ1n) is 9.53. The molecule has 0 N–H and O–H groups in total. The molecule has 4 aliphatic rings. The number of esters is 1. The van der Waals surface area contributed by atoms with Crippen LogP contribution >= 0.6 is 0 Å². The van der Waals surface area contributed by atoms with Gasteiger partial charge in [0.15, 0.2) is 0 Å². The van der Waals surface area contributed by atoms with Gasteiger partial charge in [0.1, 0.15) is 11.9 Å². The number of fused-ring (bicyclic) bond motifs is 5. The highest BCUT2D eigenvalue weighted by Gasteiger charge is 2.62. The van der Waals surface area contributed by atoms with Crippen molar-refractivity contribution in [1.29, 1.82) is 0 Å². The Bertz CT molecular complexity index is 541. The van der Waals surface area contributed by atoms with Gasteiger partial charge < -0.3 is 4.74 Å². The van der Waals surface area contributed by atoms with Gasteiger partial charge in [0.05, 0.1) is 0 Å². The van der Waals surface area contributed by atoms with Crippen LogP contribution in [0.3, 0.4) is 0 Å². The van der Waals surface area contributed by atoms with E-state index in [2.05, 4.69) is 13.8 Å². The lowest BCUT2D eigenvalue weighted by atomic mass is 9.48. The first kappa shape index (κ1) is 15.7. The molecule has 7 atom stereocenters. The minimum absolute atomic E-state index is 0.113. The van der Waals surface area contributed by atoms with Crippen LogP contribution in [0.5, 0.6) is 0 Å². The maximum absolute atomic E-state index is 12.1. The van der Waals surface area contributed by atoms with E-state index in [1.165, 1.54) is 25.7 Å². The Morgan fingerprint density at radius 2 is 1.78 bits per heavy atom. The monoisotopic (exact) mass is 318 g/mol. The van der Waals surface area contributed by atoms with Gasteiger partial charge in [0, 0.05) is 25.2 Å². The lowest BCUT2D eigenvalue weighted by Crippen LogP contribution is -2.51. The van der Waals surface area contributed by atoms with Crippen LogP contribution in [0.1, 0.15) is 72.1 Å². The Morgan fingerprint density at radius 3 is 2.52 bits per heavy atom. The molecule has 1 unspecified atom stereocenters. The van der Waals surface area contributed by atoms with E-state index in [4.69, 9.17) is 4.74 Å². The molecule has 0 bridgehead atoms. The summed E-state index contributed by atoms with van der Waals surface area (Å²) in [5, 5.41) is 0. The number of hydrogen-bond donors (Lipinski definition) is 0. The second-order valence-electron chi connectivity index (χ2n) is 9.30. The molecule has 4 aliphatic carbocycles. The van der Waals surface area contributed by atoms with Gasteiger partial charge in [-0.15, -0.1) is 0 Å². The van der Waals surface area contributed by atoms with E-state index in [1.54, 1.807) is 6.92 Å². The molecule has 3 nitrogen and oxygen atoms in total. The van der Waals surface area contributed by atoms with Gasteiger partial charge in [0.2, 0.25) is 0 Å². The molecule has 0 amide bonds. The minimum atomic E-state index is -0.129. The van der Waals surface area contributed by atoms with Crippen molar-refractivity contribution in [2.45, 2.75) is 78.2 Å². The quantitative estimate of drug-likeness (QED) is 0.682. The van der Waals surface area contributed by atoms with E-state index in [-0.39, 0.29) is 22.9 Å². The first-order chi connectivity index (χ1) is 10.8. The molecule has 0 aromatic heterocycles. The van der Waals surface area contributed by atoms with Gasteiger partial charge in [-0.2, -0.15) is 0 Å². The fourth-order valence-corrected chi connectivity index (χ4v) is 7.26. The normalized spacial score (nSPS) is 51.8. The fourth-order valence-electron chi connectivity index (χ4n) is 7.26. The van der Waals surface area contributed by atoms with E-state index in [9.17, 15) is 9.59 Å². The van der Waals surface area contributed by atoms with Crippen molar-refractivity contribution in [1.82, 2.24) is 0 Å². The third kappa shape index (κ3) is 2.14. The number of carbonyl (C=O) groups is 2. The van der Waals surface area contributed by atoms with Crippen molar-refractivity contribution in [2.24, 2.45) is 34.5 Å². The van der Waals surface area contributed by atoms with Gasteiger partial charge in [-0.25, -0.2) is 0 Å². The molecule has 0 aromatic rings. The lowest BCUT2D eigenvalue weighted by Gasteiger charge is -2.57. The number of hydrogen-bond acceptors (Lipinski definition) is 3. The zero-order valence-corrected chi connectivity index (χ0v) is 14.8. The largest absolute Gasteiger partial charge is 0.462 e. The van der Waals surface area contributed by atoms with E-state index >= 15 is 0 Å². The molecule has 128 valence electrons. The lowest BCUT2D eigenvalue weighted by molar-refractivity contribution is -0.159. The molecule has 4 fully saturated rings. The van der Waals surface area contributed by atoms with E-state index in [1.807, 2.05) is 0 Å². The number of Topliss-reactive ketones (excluding diaryl/α,β-unsaturated/α-hetero) is 1. The Balaban J connectivity index is 1.60. The molecular weight excluding hydrogens is 288 g/mol. The van der Waals surface area contributed by atoms with Gasteiger partial charge in [0.25, 0.3) is 0 Å². The standard InChI is InChI=1S/C20H30O3/c1-12(21)23-18-7-6-16-15-5-4-13-10-14(22)11-20(13,3)17(15)8-9-19(16,18)2/h13,15-18H,4-11H2,1-3H3/t13-,15-,16-,17-,18?,19-,20-/m0/s1. The van der Waals surface area contributed by atoms with Crippen LogP contribution in [0, 0.1) is 34.5 Å². The van der Waals surface area contributed by atoms with Crippen LogP contribution in [-0.4, -0.2) is 17.9 Å². The molecule has 0 radical (unpaired) electrons. The number of ether oxygens (including phenoxy) is 1. The predicted molar refractivity (Wildman–Crippen MR) is 87.7 cm³/mol. The average Bonchev–Trinajstić information content (AvgIpc) is 2.94. The summed E-state index contributed by atoms with van der Waals surface area (Å²) in [5.74, 6) is 3.13. The van der Waals surface area contributed by atoms with Crippen LogP contribution in [0.15, 0.2) is 0 Å². The maximum Gasteiger partial charge on any atom is 0.302 e. The van der Waals surface area contributed by atoms with E-state index in [0.29, 0.717) is 23.5 Å². The maximum atomic E-state index is 12.1. The summed E-state index contributed by atoms with van der Waals surface area (Å²) >= 11 is 0. The van der Waals surface area contributed by atoms with Gasteiger partial charge in [-0.05, 0) is 67.6 Å². The zero-order chi connectivity index (χ0) is 16.4. The molecule has 0 heterocycles. The molecular formula is C20H30O3. The Labute approximate surface area is 139 Å². The number of ketones is 1. The van der Waals surface area contributed by atoms with Crippen molar-refractivity contribution < 1.29 is 14.3 Å². The average molecular weight is 318 g/mol. The molecule has 23 heavy (non-hydrogen) atoms. The Hall–Kier alpha value is -0.860.